The Morgan fingerprint density at radius 3 is 2.57 bits per heavy atom. The number of hydrogen-bond donors (Lipinski definition) is 1. The van der Waals surface area contributed by atoms with E-state index in [-0.39, 0.29) is 0 Å². The Kier molecular flexibility index (Phi) is 6.20. The first kappa shape index (κ1) is 12.0. The van der Waals surface area contributed by atoms with Crippen LogP contribution >= 0.6 is 0 Å². The van der Waals surface area contributed by atoms with E-state index in [2.05, 4.69) is 19.2 Å². The molecule has 1 aliphatic rings. The van der Waals surface area contributed by atoms with E-state index in [4.69, 9.17) is 4.74 Å². The Morgan fingerprint density at radius 1 is 1.29 bits per heavy atom. The molecule has 1 atom stereocenters. The highest BCUT2D eigenvalue weighted by Crippen LogP contribution is 2.27. The van der Waals surface area contributed by atoms with Gasteiger partial charge < -0.3 is 10.1 Å². The molecule has 0 aromatic rings. The zero-order valence-electron chi connectivity index (χ0n) is 9.72. The zero-order chi connectivity index (χ0) is 10.2. The predicted molar refractivity (Wildman–Crippen MR) is 60.5 cm³/mol. The van der Waals surface area contributed by atoms with Gasteiger partial charge in [-0.3, -0.25) is 0 Å². The molecule has 1 rings (SSSR count). The van der Waals surface area contributed by atoms with Gasteiger partial charge in [-0.1, -0.05) is 26.7 Å². The largest absolute Gasteiger partial charge is 0.380 e. The van der Waals surface area contributed by atoms with Gasteiger partial charge in [-0.15, -0.1) is 0 Å². The van der Waals surface area contributed by atoms with Crippen LogP contribution < -0.4 is 5.32 Å². The van der Waals surface area contributed by atoms with Crippen LogP contribution in [0.25, 0.3) is 0 Å². The topological polar surface area (TPSA) is 21.3 Å². The maximum Gasteiger partial charge on any atom is 0.0622 e. The van der Waals surface area contributed by atoms with Gasteiger partial charge in [-0.25, -0.2) is 0 Å². The molecule has 1 N–H and O–H groups in total. The summed E-state index contributed by atoms with van der Waals surface area (Å²) >= 11 is 0. The maximum atomic E-state index is 5.65. The molecule has 1 fully saturated rings. The van der Waals surface area contributed by atoms with E-state index >= 15 is 0 Å². The van der Waals surface area contributed by atoms with Crippen LogP contribution in [0.15, 0.2) is 0 Å². The summed E-state index contributed by atoms with van der Waals surface area (Å²) in [5, 5.41) is 3.56. The molecule has 84 valence electrons. The molecule has 1 aliphatic carbocycles. The highest BCUT2D eigenvalue weighted by Gasteiger charge is 2.24. The van der Waals surface area contributed by atoms with Crippen molar-refractivity contribution in [1.29, 1.82) is 0 Å². The second-order valence-electron chi connectivity index (χ2n) is 4.28. The Bertz CT molecular complexity index is 132. The van der Waals surface area contributed by atoms with E-state index in [1.54, 1.807) is 0 Å². The molecule has 1 saturated carbocycles. The summed E-state index contributed by atoms with van der Waals surface area (Å²) in [7, 11) is 0. The van der Waals surface area contributed by atoms with Crippen molar-refractivity contribution in [1.82, 2.24) is 5.32 Å². The highest BCUT2D eigenvalue weighted by molar-refractivity contribution is 4.80. The van der Waals surface area contributed by atoms with Gasteiger partial charge >= 0.3 is 0 Å². The second-order valence-corrected chi connectivity index (χ2v) is 4.28. The molecule has 0 aromatic carbocycles. The van der Waals surface area contributed by atoms with Gasteiger partial charge in [0.25, 0.3) is 0 Å². The summed E-state index contributed by atoms with van der Waals surface area (Å²) in [6, 6.07) is 0.606. The van der Waals surface area contributed by atoms with Gasteiger partial charge in [-0.2, -0.15) is 0 Å². The average Bonchev–Trinajstić information content (AvgIpc) is 2.70. The van der Waals surface area contributed by atoms with Crippen molar-refractivity contribution in [2.24, 2.45) is 5.92 Å². The highest BCUT2D eigenvalue weighted by atomic mass is 16.5. The van der Waals surface area contributed by atoms with Crippen molar-refractivity contribution in [3.05, 3.63) is 0 Å². The van der Waals surface area contributed by atoms with Crippen LogP contribution in [0, 0.1) is 5.92 Å². The summed E-state index contributed by atoms with van der Waals surface area (Å²) in [6.45, 7) is 7.23. The molecule has 0 heterocycles. The first-order valence-corrected chi connectivity index (χ1v) is 6.19. The molecule has 0 aliphatic heterocycles. The van der Waals surface area contributed by atoms with Gasteiger partial charge in [0.15, 0.2) is 0 Å². The molecule has 0 radical (unpaired) electrons. The zero-order valence-corrected chi connectivity index (χ0v) is 9.72. The lowest BCUT2D eigenvalue weighted by Crippen LogP contribution is -2.39. The quantitative estimate of drug-likeness (QED) is 0.636. The summed E-state index contributed by atoms with van der Waals surface area (Å²) < 4.78 is 5.65. The van der Waals surface area contributed by atoms with Crippen molar-refractivity contribution in [3.8, 4) is 0 Å². The first-order valence-electron chi connectivity index (χ1n) is 6.19. The van der Waals surface area contributed by atoms with Crippen molar-refractivity contribution in [3.63, 3.8) is 0 Å². The molecular weight excluding hydrogens is 174 g/mol. The van der Waals surface area contributed by atoms with Crippen LogP contribution in [0.3, 0.4) is 0 Å². The normalized spacial score (nSPS) is 20.1. The summed E-state index contributed by atoms with van der Waals surface area (Å²) in [6.07, 6.45) is 6.75. The molecule has 1 unspecified atom stereocenters. The lowest BCUT2D eigenvalue weighted by atomic mass is 9.99. The minimum Gasteiger partial charge on any atom is -0.380 e. The van der Waals surface area contributed by atoms with E-state index < -0.39 is 0 Å². The van der Waals surface area contributed by atoms with Gasteiger partial charge in [0.2, 0.25) is 0 Å². The second kappa shape index (κ2) is 7.24. The van der Waals surface area contributed by atoms with Gasteiger partial charge in [0.05, 0.1) is 6.61 Å². The summed E-state index contributed by atoms with van der Waals surface area (Å²) in [4.78, 5) is 0. The number of hydrogen-bond acceptors (Lipinski definition) is 2. The van der Waals surface area contributed by atoms with E-state index in [0.717, 1.165) is 32.1 Å². The lowest BCUT2D eigenvalue weighted by Gasteiger charge is -2.24. The van der Waals surface area contributed by atoms with Crippen molar-refractivity contribution in [2.75, 3.05) is 19.8 Å². The molecule has 0 saturated heterocycles. The van der Waals surface area contributed by atoms with Crippen molar-refractivity contribution < 1.29 is 4.74 Å². The number of rotatable bonds is 7. The van der Waals surface area contributed by atoms with Gasteiger partial charge in [0.1, 0.15) is 0 Å². The molecule has 0 bridgehead atoms. The third kappa shape index (κ3) is 3.97. The molecular formula is C12H25NO. The minimum absolute atomic E-state index is 0.606. The molecule has 2 heteroatoms. The Morgan fingerprint density at radius 2 is 2.00 bits per heavy atom. The third-order valence-corrected chi connectivity index (χ3v) is 3.08. The Hall–Kier alpha value is -0.0800. The number of ether oxygens (including phenoxy) is 1. The van der Waals surface area contributed by atoms with E-state index in [1.165, 1.54) is 25.7 Å². The molecule has 2 nitrogen and oxygen atoms in total. The van der Waals surface area contributed by atoms with Crippen LogP contribution in [-0.2, 0) is 4.74 Å². The van der Waals surface area contributed by atoms with Gasteiger partial charge in [-0.05, 0) is 31.7 Å². The lowest BCUT2D eigenvalue weighted by molar-refractivity contribution is 0.0945. The monoisotopic (exact) mass is 199 g/mol. The van der Waals surface area contributed by atoms with E-state index in [0.29, 0.717) is 6.04 Å². The average molecular weight is 199 g/mol. The molecule has 0 aromatic heterocycles. The molecule has 0 spiro atoms. The van der Waals surface area contributed by atoms with Crippen LogP contribution in [0.5, 0.6) is 0 Å². The third-order valence-electron chi connectivity index (χ3n) is 3.08. The predicted octanol–water partition coefficient (Wildman–Crippen LogP) is 2.58. The minimum atomic E-state index is 0.606. The number of likely N-dealkylation sites (N-methyl/N-ethyl adjacent to an activating group) is 1. The van der Waals surface area contributed by atoms with Crippen molar-refractivity contribution in [2.45, 2.75) is 52.0 Å². The fourth-order valence-electron chi connectivity index (χ4n) is 2.34. The number of nitrogens with one attached hydrogen (secondary N) is 1. The first-order chi connectivity index (χ1) is 6.88. The Balaban J connectivity index is 2.22. The van der Waals surface area contributed by atoms with E-state index in [9.17, 15) is 0 Å². The molecule has 14 heavy (non-hydrogen) atoms. The summed E-state index contributed by atoms with van der Waals surface area (Å²) in [5.41, 5.74) is 0. The van der Waals surface area contributed by atoms with Crippen LogP contribution in [0.1, 0.15) is 46.0 Å². The smallest absolute Gasteiger partial charge is 0.0622 e. The fourth-order valence-corrected chi connectivity index (χ4v) is 2.34. The van der Waals surface area contributed by atoms with Crippen LogP contribution in [-0.4, -0.2) is 25.8 Å². The standard InChI is InChI=1S/C12H25NO/c1-3-9-14-10-12(13-4-2)11-7-5-6-8-11/h11-13H,3-10H2,1-2H3. The maximum absolute atomic E-state index is 5.65. The van der Waals surface area contributed by atoms with Crippen molar-refractivity contribution >= 4 is 0 Å². The van der Waals surface area contributed by atoms with Crippen LogP contribution in [0.4, 0.5) is 0 Å². The summed E-state index contributed by atoms with van der Waals surface area (Å²) in [5.74, 6) is 0.867. The van der Waals surface area contributed by atoms with Crippen LogP contribution in [0.2, 0.25) is 0 Å². The fraction of sp³-hybridized carbons (Fsp3) is 1.00. The molecule has 0 amide bonds. The Labute approximate surface area is 88.4 Å². The van der Waals surface area contributed by atoms with Gasteiger partial charge in [0, 0.05) is 12.6 Å². The van der Waals surface area contributed by atoms with E-state index in [1.807, 2.05) is 0 Å². The SMILES string of the molecule is CCCOCC(NCC)C1CCCC1.